The van der Waals surface area contributed by atoms with E-state index in [1.165, 1.54) is 51.4 Å². The number of unbranched alkanes of at least 4 members (excludes halogenated alkanes) is 8. The number of hydrogen-bond acceptors (Lipinski definition) is 2. The lowest BCUT2D eigenvalue weighted by Crippen LogP contribution is -2.25. The van der Waals surface area contributed by atoms with Crippen LogP contribution in [0.5, 0.6) is 0 Å². The van der Waals surface area contributed by atoms with Gasteiger partial charge in [0.25, 0.3) is 0 Å². The molecule has 0 aromatic heterocycles. The Morgan fingerprint density at radius 1 is 1.05 bits per heavy atom. The molecule has 0 aliphatic rings. The summed E-state index contributed by atoms with van der Waals surface area (Å²) < 4.78 is 4.87. The summed E-state index contributed by atoms with van der Waals surface area (Å²) in [5, 5.41) is 2.73. The van der Waals surface area contributed by atoms with Crippen LogP contribution in [0.4, 0.5) is 4.79 Å². The number of carbonyl (C=O) groups excluding carboxylic acids is 1. The number of terminal acetylenes is 1. The minimum absolute atomic E-state index is 0.306. The van der Waals surface area contributed by atoms with Crippen LogP contribution in [0.15, 0.2) is 0 Å². The van der Waals surface area contributed by atoms with Gasteiger partial charge in [0.15, 0.2) is 0 Å². The molecule has 1 N–H and O–H groups in total. The number of carbonyl (C=O) groups is 1. The van der Waals surface area contributed by atoms with Crippen LogP contribution < -0.4 is 5.32 Å². The molecule has 0 unspecified atom stereocenters. The van der Waals surface area contributed by atoms with Crippen molar-refractivity contribution in [3.63, 3.8) is 0 Å². The van der Waals surface area contributed by atoms with Crippen molar-refractivity contribution in [2.24, 2.45) is 0 Å². The first-order chi connectivity index (χ1) is 9.31. The Morgan fingerprint density at radius 3 is 2.21 bits per heavy atom. The van der Waals surface area contributed by atoms with Gasteiger partial charge in [-0.15, -0.1) is 12.3 Å². The highest BCUT2D eigenvalue weighted by molar-refractivity contribution is 5.66. The summed E-state index contributed by atoms with van der Waals surface area (Å²) in [6.07, 6.45) is 16.7. The SMILES string of the molecule is C#CCCOC(=O)NCCCCCCCCCCC. The van der Waals surface area contributed by atoms with E-state index in [0.29, 0.717) is 19.6 Å². The first kappa shape index (κ1) is 17.8. The average Bonchev–Trinajstić information content (AvgIpc) is 2.41. The van der Waals surface area contributed by atoms with Gasteiger partial charge in [0.1, 0.15) is 6.61 Å². The van der Waals surface area contributed by atoms with Gasteiger partial charge >= 0.3 is 6.09 Å². The number of hydrogen-bond donors (Lipinski definition) is 1. The smallest absolute Gasteiger partial charge is 0.407 e. The molecular weight excluding hydrogens is 238 g/mol. The fraction of sp³-hybridized carbons (Fsp3) is 0.812. The van der Waals surface area contributed by atoms with Crippen LogP contribution in [0.1, 0.15) is 71.1 Å². The van der Waals surface area contributed by atoms with Crippen LogP contribution in [0.3, 0.4) is 0 Å². The van der Waals surface area contributed by atoms with Crippen molar-refractivity contribution in [2.75, 3.05) is 13.2 Å². The average molecular weight is 267 g/mol. The third-order valence-electron chi connectivity index (χ3n) is 3.03. The quantitative estimate of drug-likeness (QED) is 0.423. The molecule has 0 heterocycles. The number of alkyl carbamates (subject to hydrolysis) is 1. The second kappa shape index (κ2) is 14.9. The topological polar surface area (TPSA) is 38.3 Å². The summed E-state index contributed by atoms with van der Waals surface area (Å²) in [7, 11) is 0. The van der Waals surface area contributed by atoms with Gasteiger partial charge in [-0.25, -0.2) is 4.79 Å². The summed E-state index contributed by atoms with van der Waals surface area (Å²) in [6, 6.07) is 0. The van der Waals surface area contributed by atoms with Gasteiger partial charge in [-0.3, -0.25) is 0 Å². The highest BCUT2D eigenvalue weighted by atomic mass is 16.5. The lowest BCUT2D eigenvalue weighted by molar-refractivity contribution is 0.148. The third kappa shape index (κ3) is 14.8. The summed E-state index contributed by atoms with van der Waals surface area (Å²) in [4.78, 5) is 11.2. The Balaban J connectivity index is 3.10. The van der Waals surface area contributed by atoms with Crippen LogP contribution in [-0.2, 0) is 4.74 Å². The summed E-state index contributed by atoms with van der Waals surface area (Å²) in [5.41, 5.74) is 0. The van der Waals surface area contributed by atoms with E-state index >= 15 is 0 Å². The van der Waals surface area contributed by atoms with Gasteiger partial charge in [0.2, 0.25) is 0 Å². The summed E-state index contributed by atoms with van der Waals surface area (Å²) in [6.45, 7) is 3.25. The van der Waals surface area contributed by atoms with Crippen molar-refractivity contribution in [1.29, 1.82) is 0 Å². The Labute approximate surface area is 118 Å². The van der Waals surface area contributed by atoms with E-state index in [1.54, 1.807) is 0 Å². The van der Waals surface area contributed by atoms with Gasteiger partial charge < -0.3 is 10.1 Å². The van der Waals surface area contributed by atoms with Crippen molar-refractivity contribution < 1.29 is 9.53 Å². The predicted molar refractivity (Wildman–Crippen MR) is 80.0 cm³/mol. The molecule has 0 radical (unpaired) electrons. The second-order valence-electron chi connectivity index (χ2n) is 4.85. The fourth-order valence-corrected chi connectivity index (χ4v) is 1.88. The molecule has 110 valence electrons. The van der Waals surface area contributed by atoms with E-state index in [4.69, 9.17) is 11.2 Å². The molecule has 0 fully saturated rings. The van der Waals surface area contributed by atoms with Crippen molar-refractivity contribution in [3.8, 4) is 12.3 Å². The second-order valence-corrected chi connectivity index (χ2v) is 4.85. The molecule has 0 bridgehead atoms. The first-order valence-corrected chi connectivity index (χ1v) is 7.65. The van der Waals surface area contributed by atoms with Gasteiger partial charge in [0, 0.05) is 13.0 Å². The molecule has 19 heavy (non-hydrogen) atoms. The van der Waals surface area contributed by atoms with E-state index < -0.39 is 0 Å². The number of rotatable bonds is 12. The summed E-state index contributed by atoms with van der Waals surface area (Å²) in [5.74, 6) is 2.43. The molecule has 0 rings (SSSR count). The van der Waals surface area contributed by atoms with Crippen molar-refractivity contribution in [2.45, 2.75) is 71.1 Å². The molecule has 0 saturated carbocycles. The van der Waals surface area contributed by atoms with Crippen molar-refractivity contribution in [1.82, 2.24) is 5.32 Å². The summed E-state index contributed by atoms with van der Waals surface area (Å²) >= 11 is 0. The Kier molecular flexibility index (Phi) is 14.0. The van der Waals surface area contributed by atoms with E-state index in [-0.39, 0.29) is 6.09 Å². The molecule has 0 aromatic carbocycles. The van der Waals surface area contributed by atoms with Crippen molar-refractivity contribution in [3.05, 3.63) is 0 Å². The van der Waals surface area contributed by atoms with E-state index in [1.807, 2.05) is 0 Å². The van der Waals surface area contributed by atoms with Crippen LogP contribution >= 0.6 is 0 Å². The molecule has 0 spiro atoms. The number of nitrogens with one attached hydrogen (secondary N) is 1. The molecule has 1 amide bonds. The third-order valence-corrected chi connectivity index (χ3v) is 3.03. The normalized spacial score (nSPS) is 9.89. The fourth-order valence-electron chi connectivity index (χ4n) is 1.88. The van der Waals surface area contributed by atoms with Crippen LogP contribution in [0.2, 0.25) is 0 Å². The molecular formula is C16H29NO2. The predicted octanol–water partition coefficient (Wildman–Crippen LogP) is 4.27. The first-order valence-electron chi connectivity index (χ1n) is 7.65. The minimum atomic E-state index is -0.352. The maximum atomic E-state index is 11.2. The Hall–Kier alpha value is -1.17. The minimum Gasteiger partial charge on any atom is -0.449 e. The maximum absolute atomic E-state index is 11.2. The van der Waals surface area contributed by atoms with Crippen molar-refractivity contribution >= 4 is 6.09 Å². The molecule has 0 aromatic rings. The molecule has 0 aliphatic heterocycles. The van der Waals surface area contributed by atoms with Gasteiger partial charge in [0.05, 0.1) is 0 Å². The Bertz CT molecular complexity index is 246. The monoisotopic (exact) mass is 267 g/mol. The van der Waals surface area contributed by atoms with Crippen LogP contribution in [0.25, 0.3) is 0 Å². The molecule has 0 saturated heterocycles. The lowest BCUT2D eigenvalue weighted by Gasteiger charge is -2.05. The standard InChI is InChI=1S/C16H29NO2/c1-3-5-7-8-9-10-11-12-13-14-17-16(18)19-15-6-4-2/h2H,3,5-15H2,1H3,(H,17,18). The zero-order valence-electron chi connectivity index (χ0n) is 12.4. The number of ether oxygens (including phenoxy) is 1. The Morgan fingerprint density at radius 2 is 1.63 bits per heavy atom. The highest BCUT2D eigenvalue weighted by Gasteiger charge is 1.99. The van der Waals surface area contributed by atoms with Gasteiger partial charge in [-0.2, -0.15) is 0 Å². The zero-order chi connectivity index (χ0) is 14.2. The number of amides is 1. The van der Waals surface area contributed by atoms with Crippen LogP contribution in [-0.4, -0.2) is 19.2 Å². The van der Waals surface area contributed by atoms with Crippen LogP contribution in [0, 0.1) is 12.3 Å². The largest absolute Gasteiger partial charge is 0.449 e. The maximum Gasteiger partial charge on any atom is 0.407 e. The highest BCUT2D eigenvalue weighted by Crippen LogP contribution is 2.09. The van der Waals surface area contributed by atoms with Gasteiger partial charge in [-0.1, -0.05) is 58.3 Å². The van der Waals surface area contributed by atoms with E-state index in [9.17, 15) is 4.79 Å². The lowest BCUT2D eigenvalue weighted by atomic mass is 10.1. The van der Waals surface area contributed by atoms with E-state index in [2.05, 4.69) is 18.2 Å². The van der Waals surface area contributed by atoms with Gasteiger partial charge in [-0.05, 0) is 6.42 Å². The molecule has 0 aliphatic carbocycles. The molecule has 3 nitrogen and oxygen atoms in total. The molecule has 3 heteroatoms. The zero-order valence-corrected chi connectivity index (χ0v) is 12.4. The van der Waals surface area contributed by atoms with E-state index in [0.717, 1.165) is 6.42 Å². The molecule has 0 atom stereocenters.